The number of unbranched alkanes of at least 4 members (excludes halogenated alkanes) is 11. The van der Waals surface area contributed by atoms with Crippen molar-refractivity contribution in [2.24, 2.45) is 0 Å². The first-order valence-electron chi connectivity index (χ1n) is 26.0. The molecule has 1 aliphatic rings. The van der Waals surface area contributed by atoms with E-state index in [4.69, 9.17) is 20.8 Å². The summed E-state index contributed by atoms with van der Waals surface area (Å²) in [6, 6.07) is 44.3. The number of amides is 3. The topological polar surface area (TPSA) is 109 Å². The first-order valence-corrected chi connectivity index (χ1v) is 29.1. The third-order valence-electron chi connectivity index (χ3n) is 13.6. The van der Waals surface area contributed by atoms with Gasteiger partial charge in [0, 0.05) is 79.7 Å². The fraction of sp³-hybridized carbons (Fsp3) is 0.400. The summed E-state index contributed by atoms with van der Waals surface area (Å²) in [5.41, 5.74) is 1.53. The van der Waals surface area contributed by atoms with Crippen LogP contribution in [0.5, 0.6) is 5.75 Å². The Balaban J connectivity index is 0.00000418. The minimum absolute atomic E-state index is 0.0457. The van der Waals surface area contributed by atoms with Crippen LogP contribution in [0.4, 0.5) is 5.69 Å². The van der Waals surface area contributed by atoms with Gasteiger partial charge in [-0.15, -0.1) is 11.6 Å². The number of nitrogens with zero attached hydrogens (tertiary/aromatic N) is 2. The molecular weight excluding hydrogens is 961 g/mol. The summed E-state index contributed by atoms with van der Waals surface area (Å²) in [7, 11) is -1.96. The van der Waals surface area contributed by atoms with Crippen LogP contribution in [0, 0.1) is 0 Å². The third kappa shape index (κ3) is 15.5. The maximum absolute atomic E-state index is 13.7. The average molecular weight is 1030 g/mol. The molecule has 1 saturated heterocycles. The summed E-state index contributed by atoms with van der Waals surface area (Å²) in [6.45, 7) is 5.72. The number of hydrogen-bond acceptors (Lipinski definition) is 6. The average Bonchev–Trinajstić information content (AvgIpc) is 3.41. The molecule has 0 spiro atoms. The van der Waals surface area contributed by atoms with E-state index in [1.165, 1.54) is 79.7 Å². The van der Waals surface area contributed by atoms with Crippen molar-refractivity contribution in [1.82, 2.24) is 9.80 Å². The number of nitrogens with one attached hydrogen (secondary N) is 1. The number of piperazine rings is 1. The zero-order valence-corrected chi connectivity index (χ0v) is 44.9. The summed E-state index contributed by atoms with van der Waals surface area (Å²) in [5, 5.41) is 8.03. The van der Waals surface area contributed by atoms with Crippen LogP contribution in [-0.4, -0.2) is 72.3 Å². The van der Waals surface area contributed by atoms with Crippen molar-refractivity contribution in [2.75, 3.05) is 44.0 Å². The van der Waals surface area contributed by atoms with E-state index in [9.17, 15) is 19.2 Å². The van der Waals surface area contributed by atoms with Gasteiger partial charge in [-0.2, -0.15) is 0 Å². The lowest BCUT2D eigenvalue weighted by atomic mass is 10.0. The molecule has 6 aromatic rings. The molecule has 5 aromatic carbocycles. The summed E-state index contributed by atoms with van der Waals surface area (Å²) in [6.07, 6.45) is 17.7. The molecule has 0 saturated carbocycles. The highest BCUT2D eigenvalue weighted by molar-refractivity contribution is 7.95. The molecule has 382 valence electrons. The van der Waals surface area contributed by atoms with Crippen LogP contribution in [0.2, 0.25) is 5.02 Å². The Morgan fingerprint density at radius 1 is 0.625 bits per heavy atom. The smallest absolute Gasteiger partial charge is 0.336 e. The van der Waals surface area contributed by atoms with Gasteiger partial charge in [-0.25, -0.2) is 4.79 Å². The molecule has 1 aromatic heterocycles. The number of benzene rings is 5. The lowest BCUT2D eigenvalue weighted by Gasteiger charge is -2.36. The summed E-state index contributed by atoms with van der Waals surface area (Å²) in [5.74, 6) is 0.270. The summed E-state index contributed by atoms with van der Waals surface area (Å²) >= 11 is 11.4. The number of fused-ring (bicyclic) bond motifs is 1. The molecule has 0 aliphatic carbocycles. The number of carbonyl (C=O) groups is 3. The lowest BCUT2D eigenvalue weighted by molar-refractivity contribution is -0.143. The molecule has 1 N–H and O–H groups in total. The van der Waals surface area contributed by atoms with Crippen LogP contribution < -0.4 is 31.6 Å². The minimum Gasteiger partial charge on any atom is -0.481 e. The van der Waals surface area contributed by atoms with Crippen LogP contribution in [0.25, 0.3) is 22.1 Å². The molecular formula is C60H73Cl2N3O6P+. The number of rotatable bonds is 25. The van der Waals surface area contributed by atoms with Crippen molar-refractivity contribution in [3.63, 3.8) is 0 Å². The highest BCUT2D eigenvalue weighted by Gasteiger charge is 2.44. The van der Waals surface area contributed by atoms with Gasteiger partial charge in [0.1, 0.15) is 34.5 Å². The van der Waals surface area contributed by atoms with Gasteiger partial charge in [-0.3, -0.25) is 14.4 Å². The van der Waals surface area contributed by atoms with Gasteiger partial charge in [0.25, 0.3) is 5.91 Å². The molecule has 12 heteroatoms. The van der Waals surface area contributed by atoms with E-state index < -0.39 is 19.0 Å². The number of hydrogen-bond donors (Lipinski definition) is 1. The van der Waals surface area contributed by atoms with Gasteiger partial charge >= 0.3 is 5.63 Å². The second-order valence-electron chi connectivity index (χ2n) is 18.6. The number of anilines is 1. The Bertz CT molecular complexity index is 2580. The molecule has 7 rings (SSSR count). The molecule has 72 heavy (non-hydrogen) atoms. The van der Waals surface area contributed by atoms with Gasteiger partial charge < -0.3 is 24.3 Å². The van der Waals surface area contributed by atoms with Crippen molar-refractivity contribution >= 4 is 80.8 Å². The minimum atomic E-state index is -1.96. The van der Waals surface area contributed by atoms with Crippen LogP contribution in [-0.2, 0) is 14.4 Å². The number of alkyl halides is 1. The molecule has 0 unspecified atom stereocenters. The number of halogens is 2. The van der Waals surface area contributed by atoms with Crippen LogP contribution in [0.15, 0.2) is 143 Å². The Labute approximate surface area is 438 Å². The van der Waals surface area contributed by atoms with Crippen LogP contribution >= 0.6 is 30.5 Å². The van der Waals surface area contributed by atoms with E-state index in [-0.39, 0.29) is 17.7 Å². The number of ether oxygens (including phenoxy) is 1. The van der Waals surface area contributed by atoms with Crippen molar-refractivity contribution in [3.8, 4) is 16.9 Å². The van der Waals surface area contributed by atoms with Gasteiger partial charge in [-0.05, 0) is 86.8 Å². The van der Waals surface area contributed by atoms with E-state index in [0.29, 0.717) is 77.6 Å². The molecule has 0 radical (unpaired) electrons. The predicted octanol–water partition coefficient (Wildman–Crippen LogP) is 13.2. The van der Waals surface area contributed by atoms with Gasteiger partial charge in [0.15, 0.2) is 6.10 Å². The maximum Gasteiger partial charge on any atom is 0.336 e. The van der Waals surface area contributed by atoms with Crippen LogP contribution in [0.1, 0.15) is 110 Å². The third-order valence-corrected chi connectivity index (χ3v) is 18.4. The second kappa shape index (κ2) is 29.3. The molecule has 3 amide bonds. The predicted molar refractivity (Wildman–Crippen MR) is 302 cm³/mol. The highest BCUT2D eigenvalue weighted by atomic mass is 35.5. The van der Waals surface area contributed by atoms with Gasteiger partial charge in [-0.1, -0.05) is 143 Å². The van der Waals surface area contributed by atoms with E-state index in [1.807, 2.05) is 4.90 Å². The Morgan fingerprint density at radius 3 is 1.71 bits per heavy atom. The Hall–Kier alpha value is -5.47. The Morgan fingerprint density at radius 2 is 1.15 bits per heavy atom. The van der Waals surface area contributed by atoms with Gasteiger partial charge in [0.2, 0.25) is 11.8 Å². The van der Waals surface area contributed by atoms with Crippen LogP contribution in [0.3, 0.4) is 0 Å². The second-order valence-corrected chi connectivity index (χ2v) is 22.7. The van der Waals surface area contributed by atoms with E-state index >= 15 is 0 Å². The lowest BCUT2D eigenvalue weighted by Crippen LogP contribution is -2.53. The first-order chi connectivity index (χ1) is 35.2. The first kappa shape index (κ1) is 55.8. The molecule has 1 fully saturated rings. The van der Waals surface area contributed by atoms with E-state index in [2.05, 4.69) is 115 Å². The fourth-order valence-corrected chi connectivity index (χ4v) is 14.5. The number of carbonyl (C=O) groups excluding carboxylic acids is 3. The van der Waals surface area contributed by atoms with E-state index in [0.717, 1.165) is 38.3 Å². The van der Waals surface area contributed by atoms with Crippen molar-refractivity contribution < 1.29 is 23.5 Å². The maximum atomic E-state index is 13.7. The molecule has 1 aliphatic heterocycles. The standard InChI is InChI=1S/C59H69ClN3O6P.CH3Cl/c1-3-4-5-6-7-8-9-10-11-12-22-31-56(64)61-46-33-35-51(54(60)42-46)53-44-58(66)69-55-43-47(34-36-52(53)55)68-45(2)59(67)63-39-37-62(38-40-63)57(65)32-23-24-41-70(48-25-16-13-17-26-48,49-27-18-14-19-28-49)50-29-20-15-21-30-50;1-2/h13-21,25-30,33-36,42-45H,3-12,22-24,31-32,37-41H2,1-2H3;1H3/p+1/t45-;/m1./s1. The van der Waals surface area contributed by atoms with Crippen molar-refractivity contribution in [2.45, 2.75) is 116 Å². The quantitative estimate of drug-likeness (QED) is 0.0265. The normalized spacial score (nSPS) is 13.0. The summed E-state index contributed by atoms with van der Waals surface area (Å²) in [4.78, 5) is 56.4. The molecule has 0 bridgehead atoms. The highest BCUT2D eigenvalue weighted by Crippen LogP contribution is 2.56. The van der Waals surface area contributed by atoms with Crippen molar-refractivity contribution in [1.29, 1.82) is 0 Å². The van der Waals surface area contributed by atoms with Gasteiger partial charge in [0.05, 0.1) is 11.2 Å². The zero-order chi connectivity index (χ0) is 51.1. The SMILES string of the molecule is CCCCCCCCCCCCCC(=O)Nc1ccc(-c2cc(=O)oc3cc(O[C@H](C)C(=O)N4CCN(C(=O)CCCC[P+](c5ccccc5)(c5ccccc5)c5ccccc5)CC4)ccc23)c(Cl)c1.CCl. The monoisotopic (exact) mass is 1030 g/mol. The summed E-state index contributed by atoms with van der Waals surface area (Å²) < 4.78 is 11.7. The van der Waals surface area contributed by atoms with E-state index in [1.54, 1.807) is 48.2 Å². The molecule has 9 nitrogen and oxygen atoms in total. The largest absolute Gasteiger partial charge is 0.481 e. The Kier molecular flexibility index (Phi) is 22.7. The fourth-order valence-electron chi connectivity index (χ4n) is 9.78. The molecule has 2 heterocycles. The zero-order valence-electron chi connectivity index (χ0n) is 42.5. The van der Waals surface area contributed by atoms with Crippen molar-refractivity contribution in [3.05, 3.63) is 149 Å². The molecule has 1 atom stereocenters.